The van der Waals surface area contributed by atoms with Crippen LogP contribution in [0.15, 0.2) is 53.4 Å². The number of nitro groups is 1. The minimum atomic E-state index is -3.98. The van der Waals surface area contributed by atoms with E-state index in [1.807, 2.05) is 0 Å². The van der Waals surface area contributed by atoms with Crippen molar-refractivity contribution in [3.05, 3.63) is 63.7 Å². The average Bonchev–Trinajstić information content (AvgIpc) is 3.46. The van der Waals surface area contributed by atoms with Crippen LogP contribution in [0, 0.1) is 16.0 Å². The first-order valence-electron chi connectivity index (χ1n) is 8.57. The molecule has 8 nitrogen and oxygen atoms in total. The van der Waals surface area contributed by atoms with Crippen LogP contribution in [0.25, 0.3) is 0 Å². The fraction of sp³-hybridized carbons (Fsp3) is 0.278. The van der Waals surface area contributed by atoms with Crippen molar-refractivity contribution >= 4 is 38.9 Å². The van der Waals surface area contributed by atoms with Gasteiger partial charge in [-0.3, -0.25) is 19.2 Å². The molecule has 1 aliphatic carbocycles. The zero-order valence-corrected chi connectivity index (χ0v) is 16.5. The molecule has 0 bridgehead atoms. The monoisotopic (exact) mass is 423 g/mol. The molecule has 0 aliphatic heterocycles. The summed E-state index contributed by atoms with van der Waals surface area (Å²) in [6.07, 6.45) is 0.176. The van der Waals surface area contributed by atoms with Crippen LogP contribution >= 0.6 is 11.6 Å². The Morgan fingerprint density at radius 3 is 2.54 bits per heavy atom. The summed E-state index contributed by atoms with van der Waals surface area (Å²) in [4.78, 5) is 22.2. The Morgan fingerprint density at radius 2 is 1.96 bits per heavy atom. The van der Waals surface area contributed by atoms with Crippen molar-refractivity contribution in [1.29, 1.82) is 0 Å². The van der Waals surface area contributed by atoms with Gasteiger partial charge in [0.1, 0.15) is 10.8 Å². The molecule has 148 valence electrons. The molecule has 10 heteroatoms. The number of carbonyl (C=O) groups is 1. The number of amides is 1. The van der Waals surface area contributed by atoms with E-state index < -0.39 is 32.8 Å². The van der Waals surface area contributed by atoms with E-state index in [1.165, 1.54) is 22.5 Å². The van der Waals surface area contributed by atoms with Crippen LogP contribution in [0.4, 0.5) is 11.4 Å². The fourth-order valence-electron chi connectivity index (χ4n) is 2.91. The maximum absolute atomic E-state index is 13.1. The topological polar surface area (TPSA) is 110 Å². The standard InChI is InChI=1S/C18H18ClN3O5S/c1-2-21(13-6-4-3-5-7-13)28(26,27)17-10-12(8-9-15(17)19)20-18(23)14-11-16(14)22(24)25/h3-10,14,16H,2,11H2,1H3,(H,20,23)/t14-,16-/m1/s1. The highest BCUT2D eigenvalue weighted by atomic mass is 35.5. The van der Waals surface area contributed by atoms with Gasteiger partial charge < -0.3 is 5.32 Å². The first-order valence-corrected chi connectivity index (χ1v) is 10.4. The molecule has 0 saturated heterocycles. The first-order chi connectivity index (χ1) is 13.3. The molecular weight excluding hydrogens is 406 g/mol. The Labute approximate surface area is 167 Å². The van der Waals surface area contributed by atoms with Gasteiger partial charge in [0, 0.05) is 23.6 Å². The number of para-hydroxylation sites is 1. The van der Waals surface area contributed by atoms with E-state index >= 15 is 0 Å². The van der Waals surface area contributed by atoms with Gasteiger partial charge in [-0.2, -0.15) is 0 Å². The third kappa shape index (κ3) is 3.95. The number of carbonyl (C=O) groups excluding carboxylic acids is 1. The lowest BCUT2D eigenvalue weighted by Gasteiger charge is -2.23. The van der Waals surface area contributed by atoms with Crippen LogP contribution in [0.5, 0.6) is 0 Å². The molecule has 2 atom stereocenters. The molecule has 1 aliphatic rings. The lowest BCUT2D eigenvalue weighted by Crippen LogP contribution is -2.31. The maximum atomic E-state index is 13.1. The molecule has 2 aromatic rings. The van der Waals surface area contributed by atoms with E-state index in [2.05, 4.69) is 5.32 Å². The molecule has 1 saturated carbocycles. The number of nitrogens with zero attached hydrogens (tertiary/aromatic N) is 2. The van der Waals surface area contributed by atoms with E-state index in [-0.39, 0.29) is 28.6 Å². The summed E-state index contributed by atoms with van der Waals surface area (Å²) in [7, 11) is -3.98. The Morgan fingerprint density at radius 1 is 1.29 bits per heavy atom. The summed E-state index contributed by atoms with van der Waals surface area (Å²) >= 11 is 6.14. The number of sulfonamides is 1. The number of hydrogen-bond acceptors (Lipinski definition) is 5. The number of benzene rings is 2. The summed E-state index contributed by atoms with van der Waals surface area (Å²) < 4.78 is 27.5. The summed E-state index contributed by atoms with van der Waals surface area (Å²) in [6.45, 7) is 1.89. The van der Waals surface area contributed by atoms with Gasteiger partial charge in [-0.1, -0.05) is 29.8 Å². The van der Waals surface area contributed by atoms with E-state index in [9.17, 15) is 23.3 Å². The van der Waals surface area contributed by atoms with Crippen LogP contribution in [0.3, 0.4) is 0 Å². The highest BCUT2D eigenvalue weighted by Crippen LogP contribution is 2.35. The van der Waals surface area contributed by atoms with Gasteiger partial charge in [-0.25, -0.2) is 8.42 Å². The zero-order chi connectivity index (χ0) is 20.5. The number of hydrogen-bond donors (Lipinski definition) is 1. The predicted octanol–water partition coefficient (Wildman–Crippen LogP) is 3.16. The molecule has 0 radical (unpaired) electrons. The average molecular weight is 424 g/mol. The van der Waals surface area contributed by atoms with Gasteiger partial charge in [-0.15, -0.1) is 0 Å². The van der Waals surface area contributed by atoms with Gasteiger partial charge in [0.2, 0.25) is 11.9 Å². The molecule has 3 rings (SSSR count). The van der Waals surface area contributed by atoms with E-state index in [0.29, 0.717) is 5.69 Å². The number of anilines is 2. The second-order valence-electron chi connectivity index (χ2n) is 6.33. The highest BCUT2D eigenvalue weighted by molar-refractivity contribution is 7.93. The van der Waals surface area contributed by atoms with Crippen LogP contribution in [0.2, 0.25) is 5.02 Å². The molecule has 0 unspecified atom stereocenters. The van der Waals surface area contributed by atoms with Crippen LogP contribution in [-0.2, 0) is 14.8 Å². The van der Waals surface area contributed by atoms with Crippen LogP contribution in [0.1, 0.15) is 13.3 Å². The molecule has 1 fully saturated rings. The second-order valence-corrected chi connectivity index (χ2v) is 8.57. The van der Waals surface area contributed by atoms with Gasteiger partial charge >= 0.3 is 0 Å². The lowest BCUT2D eigenvalue weighted by atomic mass is 10.3. The molecule has 0 heterocycles. The molecular formula is C18H18ClN3O5S. The van der Waals surface area contributed by atoms with Crippen molar-refractivity contribution < 1.29 is 18.1 Å². The number of nitrogens with one attached hydrogen (secondary N) is 1. The Kier molecular flexibility index (Phi) is 5.57. The SMILES string of the molecule is CCN(c1ccccc1)S(=O)(=O)c1cc(NC(=O)[C@@H]2C[C@H]2[N+](=O)[O-])ccc1Cl. The third-order valence-electron chi connectivity index (χ3n) is 4.46. The van der Waals surface area contributed by atoms with Crippen LogP contribution < -0.4 is 9.62 Å². The Hall–Kier alpha value is -2.65. The zero-order valence-electron chi connectivity index (χ0n) is 14.9. The quantitative estimate of drug-likeness (QED) is 0.543. The number of rotatable bonds is 7. The van der Waals surface area contributed by atoms with Crippen molar-refractivity contribution in [3.63, 3.8) is 0 Å². The van der Waals surface area contributed by atoms with Crippen molar-refractivity contribution in [2.24, 2.45) is 5.92 Å². The van der Waals surface area contributed by atoms with E-state index in [4.69, 9.17) is 11.6 Å². The maximum Gasteiger partial charge on any atom is 0.265 e. The van der Waals surface area contributed by atoms with Gasteiger partial charge in [0.25, 0.3) is 10.0 Å². The van der Waals surface area contributed by atoms with Gasteiger partial charge in [0.05, 0.1) is 10.7 Å². The van der Waals surface area contributed by atoms with E-state index in [1.54, 1.807) is 37.3 Å². The summed E-state index contributed by atoms with van der Waals surface area (Å²) in [5, 5.41) is 13.3. The van der Waals surface area contributed by atoms with Crippen molar-refractivity contribution in [2.75, 3.05) is 16.2 Å². The van der Waals surface area contributed by atoms with Crippen molar-refractivity contribution in [3.8, 4) is 0 Å². The van der Waals surface area contributed by atoms with Crippen LogP contribution in [-0.4, -0.2) is 31.8 Å². The van der Waals surface area contributed by atoms with Crippen molar-refractivity contribution in [1.82, 2.24) is 0 Å². The smallest absolute Gasteiger partial charge is 0.265 e. The summed E-state index contributed by atoms with van der Waals surface area (Å²) in [6, 6.07) is 11.8. The highest BCUT2D eigenvalue weighted by Gasteiger charge is 2.53. The van der Waals surface area contributed by atoms with Gasteiger partial charge in [0.15, 0.2) is 0 Å². The molecule has 0 aromatic heterocycles. The summed E-state index contributed by atoms with van der Waals surface area (Å²) in [5.74, 6) is -1.22. The Balaban J connectivity index is 1.88. The first kappa shape index (κ1) is 20.1. The van der Waals surface area contributed by atoms with Gasteiger partial charge in [-0.05, 0) is 37.3 Å². The Bertz CT molecular complexity index is 1010. The molecule has 2 aromatic carbocycles. The fourth-order valence-corrected chi connectivity index (χ4v) is 4.89. The molecule has 1 N–H and O–H groups in total. The predicted molar refractivity (Wildman–Crippen MR) is 106 cm³/mol. The summed E-state index contributed by atoms with van der Waals surface area (Å²) in [5.41, 5.74) is 0.702. The normalized spacial score (nSPS) is 18.4. The lowest BCUT2D eigenvalue weighted by molar-refractivity contribution is -0.497. The second kappa shape index (κ2) is 7.76. The molecule has 28 heavy (non-hydrogen) atoms. The third-order valence-corrected chi connectivity index (χ3v) is 6.85. The number of halogens is 1. The minimum Gasteiger partial charge on any atom is -0.326 e. The largest absolute Gasteiger partial charge is 0.326 e. The molecule has 1 amide bonds. The molecule has 0 spiro atoms. The van der Waals surface area contributed by atoms with E-state index in [0.717, 1.165) is 0 Å². The van der Waals surface area contributed by atoms with Crippen molar-refractivity contribution in [2.45, 2.75) is 24.3 Å². The minimum absolute atomic E-state index is 0.0157.